The van der Waals surface area contributed by atoms with E-state index in [2.05, 4.69) is 15.3 Å². The number of aromatic nitrogens is 2. The molecule has 0 saturated carbocycles. The van der Waals surface area contributed by atoms with Crippen LogP contribution in [0.1, 0.15) is 16.2 Å². The fraction of sp³-hybridized carbons (Fsp3) is 0.615. The van der Waals surface area contributed by atoms with Crippen molar-refractivity contribution in [3.63, 3.8) is 0 Å². The lowest BCUT2D eigenvalue weighted by Gasteiger charge is -2.27. The zero-order chi connectivity index (χ0) is 14.4. The van der Waals surface area contributed by atoms with Crippen molar-refractivity contribution in [3.8, 4) is 0 Å². The van der Waals surface area contributed by atoms with Gasteiger partial charge >= 0.3 is 0 Å². The molecule has 0 aromatic carbocycles. The van der Waals surface area contributed by atoms with E-state index in [-0.39, 0.29) is 5.91 Å². The third kappa shape index (κ3) is 3.88. The number of morpholine rings is 1. The Morgan fingerprint density at radius 1 is 1.45 bits per heavy atom. The van der Waals surface area contributed by atoms with Crippen molar-refractivity contribution >= 4 is 11.9 Å². The fourth-order valence-electron chi connectivity index (χ4n) is 1.93. The SMILES string of the molecule is COCCNC(=O)c1cc(C)nc(N2CCOCC2)n1. The number of carbonyl (C=O) groups excluding carboxylic acids is 1. The van der Waals surface area contributed by atoms with Crippen LogP contribution in [0.15, 0.2) is 6.07 Å². The monoisotopic (exact) mass is 280 g/mol. The molecule has 20 heavy (non-hydrogen) atoms. The molecule has 0 bridgehead atoms. The van der Waals surface area contributed by atoms with E-state index in [1.54, 1.807) is 13.2 Å². The molecule has 1 saturated heterocycles. The predicted molar refractivity (Wildman–Crippen MR) is 74.0 cm³/mol. The Hall–Kier alpha value is -1.73. The van der Waals surface area contributed by atoms with Gasteiger partial charge in [-0.05, 0) is 13.0 Å². The highest BCUT2D eigenvalue weighted by atomic mass is 16.5. The summed E-state index contributed by atoms with van der Waals surface area (Å²) in [5, 5.41) is 2.76. The van der Waals surface area contributed by atoms with Gasteiger partial charge in [-0.1, -0.05) is 0 Å². The van der Waals surface area contributed by atoms with E-state index in [4.69, 9.17) is 9.47 Å². The first-order valence-electron chi connectivity index (χ1n) is 6.66. The van der Waals surface area contributed by atoms with E-state index in [0.717, 1.165) is 18.8 Å². The van der Waals surface area contributed by atoms with Crippen molar-refractivity contribution in [2.75, 3.05) is 51.5 Å². The lowest BCUT2D eigenvalue weighted by molar-refractivity contribution is 0.0931. The molecule has 110 valence electrons. The molecule has 1 aliphatic heterocycles. The van der Waals surface area contributed by atoms with Crippen molar-refractivity contribution in [1.82, 2.24) is 15.3 Å². The Balaban J connectivity index is 2.09. The average molecular weight is 280 g/mol. The normalized spacial score (nSPS) is 15.2. The van der Waals surface area contributed by atoms with Crippen molar-refractivity contribution in [1.29, 1.82) is 0 Å². The number of anilines is 1. The molecular formula is C13H20N4O3. The Bertz CT molecular complexity index is 461. The van der Waals surface area contributed by atoms with Crippen LogP contribution in [0.4, 0.5) is 5.95 Å². The fourth-order valence-corrected chi connectivity index (χ4v) is 1.93. The number of aryl methyl sites for hydroxylation is 1. The first-order chi connectivity index (χ1) is 9.70. The molecule has 0 unspecified atom stereocenters. The number of nitrogens with one attached hydrogen (secondary N) is 1. The molecule has 1 N–H and O–H groups in total. The number of hydrogen-bond donors (Lipinski definition) is 1. The largest absolute Gasteiger partial charge is 0.383 e. The van der Waals surface area contributed by atoms with Crippen LogP contribution in [-0.2, 0) is 9.47 Å². The number of hydrogen-bond acceptors (Lipinski definition) is 6. The summed E-state index contributed by atoms with van der Waals surface area (Å²) in [5.41, 5.74) is 1.16. The van der Waals surface area contributed by atoms with Crippen molar-refractivity contribution < 1.29 is 14.3 Å². The number of carbonyl (C=O) groups is 1. The number of nitrogens with zero attached hydrogens (tertiary/aromatic N) is 3. The third-order valence-electron chi connectivity index (χ3n) is 2.96. The number of methoxy groups -OCH3 is 1. The Kier molecular flexibility index (Phi) is 5.25. The van der Waals surface area contributed by atoms with Gasteiger partial charge in [-0.15, -0.1) is 0 Å². The predicted octanol–water partition coefficient (Wildman–Crippen LogP) is -0.00218. The highest BCUT2D eigenvalue weighted by molar-refractivity contribution is 5.92. The van der Waals surface area contributed by atoms with Gasteiger partial charge < -0.3 is 19.7 Å². The lowest BCUT2D eigenvalue weighted by atomic mass is 10.3. The highest BCUT2D eigenvalue weighted by Crippen LogP contribution is 2.12. The van der Waals surface area contributed by atoms with E-state index in [1.165, 1.54) is 0 Å². The van der Waals surface area contributed by atoms with Crippen LogP contribution in [0, 0.1) is 6.92 Å². The topological polar surface area (TPSA) is 76.6 Å². The second kappa shape index (κ2) is 7.16. The summed E-state index contributed by atoms with van der Waals surface area (Å²) in [6, 6.07) is 1.69. The minimum atomic E-state index is -0.206. The summed E-state index contributed by atoms with van der Waals surface area (Å²) in [7, 11) is 1.59. The maximum absolute atomic E-state index is 12.0. The summed E-state index contributed by atoms with van der Waals surface area (Å²) >= 11 is 0. The van der Waals surface area contributed by atoms with Gasteiger partial charge in [-0.25, -0.2) is 9.97 Å². The molecule has 1 amide bonds. The lowest BCUT2D eigenvalue weighted by Crippen LogP contribution is -2.38. The molecule has 0 spiro atoms. The molecule has 1 fully saturated rings. The molecule has 2 heterocycles. The Morgan fingerprint density at radius 2 is 2.20 bits per heavy atom. The van der Waals surface area contributed by atoms with E-state index in [9.17, 15) is 4.79 Å². The summed E-state index contributed by atoms with van der Waals surface area (Å²) in [4.78, 5) is 22.8. The highest BCUT2D eigenvalue weighted by Gasteiger charge is 2.17. The van der Waals surface area contributed by atoms with Crippen LogP contribution in [0.5, 0.6) is 0 Å². The molecular weight excluding hydrogens is 260 g/mol. The van der Waals surface area contributed by atoms with Gasteiger partial charge in [-0.3, -0.25) is 4.79 Å². The summed E-state index contributed by atoms with van der Waals surface area (Å²) in [6.07, 6.45) is 0. The van der Waals surface area contributed by atoms with E-state index >= 15 is 0 Å². The summed E-state index contributed by atoms with van der Waals surface area (Å²) < 4.78 is 10.2. The van der Waals surface area contributed by atoms with Crippen LogP contribution in [0.3, 0.4) is 0 Å². The van der Waals surface area contributed by atoms with Gasteiger partial charge in [0.05, 0.1) is 19.8 Å². The first-order valence-corrected chi connectivity index (χ1v) is 6.66. The maximum atomic E-state index is 12.0. The van der Waals surface area contributed by atoms with E-state index in [0.29, 0.717) is 38.0 Å². The molecule has 1 aromatic rings. The van der Waals surface area contributed by atoms with Crippen LogP contribution in [-0.4, -0.2) is 62.4 Å². The van der Waals surface area contributed by atoms with Crippen LogP contribution in [0.25, 0.3) is 0 Å². The molecule has 1 aromatic heterocycles. The molecule has 7 nitrogen and oxygen atoms in total. The van der Waals surface area contributed by atoms with Gasteiger partial charge in [0.1, 0.15) is 5.69 Å². The molecule has 7 heteroatoms. The quantitative estimate of drug-likeness (QED) is 0.765. The average Bonchev–Trinajstić information content (AvgIpc) is 2.47. The molecule has 2 rings (SSSR count). The number of ether oxygens (including phenoxy) is 2. The standard InChI is InChI=1S/C13H20N4O3/c1-10-9-11(12(18)14-3-6-19-2)16-13(15-10)17-4-7-20-8-5-17/h9H,3-8H2,1-2H3,(H,14,18). The van der Waals surface area contributed by atoms with Crippen LogP contribution >= 0.6 is 0 Å². The van der Waals surface area contributed by atoms with Crippen molar-refractivity contribution in [3.05, 3.63) is 17.5 Å². The zero-order valence-corrected chi connectivity index (χ0v) is 11.9. The molecule has 0 radical (unpaired) electrons. The van der Waals surface area contributed by atoms with Gasteiger partial charge in [0.2, 0.25) is 5.95 Å². The third-order valence-corrected chi connectivity index (χ3v) is 2.96. The minimum Gasteiger partial charge on any atom is -0.383 e. The van der Waals surface area contributed by atoms with Gasteiger partial charge in [0, 0.05) is 32.4 Å². The second-order valence-electron chi connectivity index (χ2n) is 4.54. The smallest absolute Gasteiger partial charge is 0.270 e. The Labute approximate surface area is 118 Å². The summed E-state index contributed by atoms with van der Waals surface area (Å²) in [6.45, 7) is 5.61. The van der Waals surface area contributed by atoms with E-state index < -0.39 is 0 Å². The van der Waals surface area contributed by atoms with Crippen LogP contribution < -0.4 is 10.2 Å². The maximum Gasteiger partial charge on any atom is 0.270 e. The first kappa shape index (κ1) is 14.7. The minimum absolute atomic E-state index is 0.206. The number of rotatable bonds is 5. The van der Waals surface area contributed by atoms with E-state index in [1.807, 2.05) is 11.8 Å². The van der Waals surface area contributed by atoms with Gasteiger partial charge in [-0.2, -0.15) is 0 Å². The van der Waals surface area contributed by atoms with Crippen LogP contribution in [0.2, 0.25) is 0 Å². The summed E-state index contributed by atoms with van der Waals surface area (Å²) in [5.74, 6) is 0.382. The molecule has 0 atom stereocenters. The van der Waals surface area contributed by atoms with Gasteiger partial charge in [0.25, 0.3) is 5.91 Å². The van der Waals surface area contributed by atoms with Crippen molar-refractivity contribution in [2.45, 2.75) is 6.92 Å². The number of amides is 1. The van der Waals surface area contributed by atoms with Crippen molar-refractivity contribution in [2.24, 2.45) is 0 Å². The molecule has 1 aliphatic rings. The zero-order valence-electron chi connectivity index (χ0n) is 11.9. The second-order valence-corrected chi connectivity index (χ2v) is 4.54. The Morgan fingerprint density at radius 3 is 2.90 bits per heavy atom. The van der Waals surface area contributed by atoms with Gasteiger partial charge in [0.15, 0.2) is 0 Å². The molecule has 0 aliphatic carbocycles.